The Morgan fingerprint density at radius 3 is 1.35 bits per heavy atom. The van der Waals surface area contributed by atoms with Gasteiger partial charge in [0, 0.05) is 12.8 Å². The van der Waals surface area contributed by atoms with E-state index in [0.717, 1.165) is 38.5 Å². The molecule has 5 atom stereocenters. The van der Waals surface area contributed by atoms with E-state index in [-0.39, 0.29) is 12.8 Å². The van der Waals surface area contributed by atoms with Crippen LogP contribution in [0.4, 0.5) is 0 Å². The highest BCUT2D eigenvalue weighted by molar-refractivity contribution is 7.99. The molecule has 0 saturated carbocycles. The smallest absolute Gasteiger partial charge is 0.397 e. The molecule has 0 aromatic heterocycles. The van der Waals surface area contributed by atoms with E-state index in [1.54, 1.807) is 6.26 Å². The van der Waals surface area contributed by atoms with Crippen molar-refractivity contribution in [3.8, 4) is 0 Å². The van der Waals surface area contributed by atoms with Gasteiger partial charge in [-0.25, -0.2) is 4.18 Å². The van der Waals surface area contributed by atoms with Gasteiger partial charge in [0.1, 0.15) is 17.6 Å². The fourth-order valence-corrected chi connectivity index (χ4v) is 7.09. The topological polar surface area (TPSA) is 146 Å². The number of rotatable bonds is 29. The molecule has 12 heteroatoms. The molecule has 1 heterocycles. The standard InChI is InChI=1S/C34H64O10S2/c1-4-6-8-10-12-14-16-18-20-22-24-26-30(37)43-33-32(31(44-46(38,39)40)28(27-35)41-34(33)45-3)42-29(36)25-23-21-19-17-15-13-11-9-7-5-2/h28,31-35H,4-27H2,1-3H3,(H,38,39,40)/t28-,31-,32+,33-,34?/m1/s1. The molecule has 1 aliphatic heterocycles. The van der Waals surface area contributed by atoms with Crippen molar-refractivity contribution < 1.29 is 46.1 Å². The zero-order valence-corrected chi connectivity index (χ0v) is 30.5. The fraction of sp³-hybridized carbons (Fsp3) is 0.941. The molecule has 0 aromatic rings. The first-order chi connectivity index (χ1) is 22.2. The molecule has 0 aliphatic carbocycles. The van der Waals surface area contributed by atoms with Crippen LogP contribution in [0.15, 0.2) is 0 Å². The molecule has 272 valence electrons. The van der Waals surface area contributed by atoms with Gasteiger partial charge in [0.25, 0.3) is 0 Å². The zero-order valence-electron chi connectivity index (χ0n) is 28.8. The third-order valence-corrected chi connectivity index (χ3v) is 9.80. The largest absolute Gasteiger partial charge is 0.455 e. The highest BCUT2D eigenvalue weighted by Crippen LogP contribution is 2.34. The predicted octanol–water partition coefficient (Wildman–Crippen LogP) is 8.09. The van der Waals surface area contributed by atoms with E-state index in [4.69, 9.17) is 18.4 Å². The first kappa shape index (κ1) is 43.1. The molecule has 1 rings (SSSR count). The second-order valence-electron chi connectivity index (χ2n) is 12.6. The Hall–Kier alpha value is -0.920. The Bertz CT molecular complexity index is 885. The summed E-state index contributed by atoms with van der Waals surface area (Å²) in [5.41, 5.74) is -0.852. The lowest BCUT2D eigenvalue weighted by molar-refractivity contribution is -0.225. The number of aliphatic hydroxyl groups is 1. The molecule has 0 bridgehead atoms. The Kier molecular flexibility index (Phi) is 25.3. The summed E-state index contributed by atoms with van der Waals surface area (Å²) in [6.45, 7) is 3.76. The van der Waals surface area contributed by atoms with Gasteiger partial charge in [-0.05, 0) is 19.1 Å². The van der Waals surface area contributed by atoms with E-state index in [0.29, 0.717) is 12.8 Å². The third kappa shape index (κ3) is 20.4. The van der Waals surface area contributed by atoms with Crippen LogP contribution in [0.1, 0.15) is 162 Å². The van der Waals surface area contributed by atoms with Crippen LogP contribution < -0.4 is 0 Å². The lowest BCUT2D eigenvalue weighted by atomic mass is 9.99. The molecular formula is C34H64O10S2. The van der Waals surface area contributed by atoms with Gasteiger partial charge in [0.2, 0.25) is 0 Å². The minimum Gasteiger partial charge on any atom is -0.455 e. The summed E-state index contributed by atoms with van der Waals surface area (Å²) in [5.74, 6) is -1.12. The Morgan fingerprint density at radius 2 is 1.00 bits per heavy atom. The predicted molar refractivity (Wildman–Crippen MR) is 183 cm³/mol. The SMILES string of the molecule is CCCCCCCCCCCCCC(=O)O[C@H]1C(SC)O[C@H](CO)[C@@H](OS(=O)(=O)O)[C@@H]1OC(=O)CCCCCCCCCCCC. The van der Waals surface area contributed by atoms with Gasteiger partial charge in [-0.15, -0.1) is 11.8 Å². The minimum absolute atomic E-state index is 0.0968. The van der Waals surface area contributed by atoms with Crippen LogP contribution in [0.25, 0.3) is 0 Å². The molecule has 1 fully saturated rings. The number of carbonyl (C=O) groups is 2. The maximum atomic E-state index is 12.9. The van der Waals surface area contributed by atoms with Crippen molar-refractivity contribution in [3.05, 3.63) is 0 Å². The van der Waals surface area contributed by atoms with Gasteiger partial charge in [0.05, 0.1) is 6.61 Å². The van der Waals surface area contributed by atoms with Crippen LogP contribution >= 0.6 is 11.8 Å². The second kappa shape index (κ2) is 27.0. The Labute approximate surface area is 283 Å². The molecule has 1 aliphatic rings. The molecule has 10 nitrogen and oxygen atoms in total. The number of thioether (sulfide) groups is 1. The summed E-state index contributed by atoms with van der Waals surface area (Å²) in [4.78, 5) is 25.8. The molecule has 2 N–H and O–H groups in total. The molecule has 0 radical (unpaired) electrons. The maximum absolute atomic E-state index is 12.9. The number of aliphatic hydroxyl groups excluding tert-OH is 1. The molecule has 1 saturated heterocycles. The summed E-state index contributed by atoms with van der Waals surface area (Å²) < 4.78 is 55.0. The fourth-order valence-electron chi connectivity index (χ4n) is 5.84. The first-order valence-corrected chi connectivity index (χ1v) is 20.7. The highest BCUT2D eigenvalue weighted by Gasteiger charge is 2.52. The second-order valence-corrected chi connectivity index (χ2v) is 14.6. The van der Waals surface area contributed by atoms with Crippen LogP contribution in [-0.4, -0.2) is 72.7 Å². The van der Waals surface area contributed by atoms with E-state index < -0.39 is 58.8 Å². The quantitative estimate of drug-likeness (QED) is 0.0444. The molecule has 0 amide bonds. The Balaban J connectivity index is 2.66. The summed E-state index contributed by atoms with van der Waals surface area (Å²) >= 11 is 1.18. The number of unbranched alkanes of at least 4 members (excludes halogenated alkanes) is 19. The highest BCUT2D eigenvalue weighted by atomic mass is 32.3. The van der Waals surface area contributed by atoms with Gasteiger partial charge < -0.3 is 19.3 Å². The minimum atomic E-state index is -5.01. The van der Waals surface area contributed by atoms with E-state index in [9.17, 15) is 27.7 Å². The summed E-state index contributed by atoms with van der Waals surface area (Å²) in [6.07, 6.45) is 20.1. The van der Waals surface area contributed by atoms with Crippen molar-refractivity contribution in [2.24, 2.45) is 0 Å². The van der Waals surface area contributed by atoms with Gasteiger partial charge in [-0.1, -0.05) is 136 Å². The van der Waals surface area contributed by atoms with Gasteiger partial charge in [0.15, 0.2) is 12.2 Å². The van der Waals surface area contributed by atoms with E-state index in [1.807, 2.05) is 0 Å². The molecule has 0 spiro atoms. The third-order valence-electron chi connectivity index (χ3n) is 8.49. The average Bonchev–Trinajstić information content (AvgIpc) is 3.01. The molecule has 46 heavy (non-hydrogen) atoms. The molecular weight excluding hydrogens is 632 g/mol. The van der Waals surface area contributed by atoms with E-state index >= 15 is 0 Å². The number of esters is 2. The molecule has 1 unspecified atom stereocenters. The van der Waals surface area contributed by atoms with Crippen LogP contribution in [0.3, 0.4) is 0 Å². The summed E-state index contributed by atoms with van der Waals surface area (Å²) in [7, 11) is -5.01. The van der Waals surface area contributed by atoms with Crippen LogP contribution in [0.5, 0.6) is 0 Å². The zero-order chi connectivity index (χ0) is 34.0. The number of ether oxygens (including phenoxy) is 3. The summed E-state index contributed by atoms with van der Waals surface area (Å²) in [5, 5.41) is 9.93. The van der Waals surface area contributed by atoms with E-state index in [1.165, 1.54) is 95.2 Å². The summed E-state index contributed by atoms with van der Waals surface area (Å²) in [6, 6.07) is 0. The number of hydrogen-bond acceptors (Lipinski definition) is 10. The number of hydrogen-bond donors (Lipinski definition) is 2. The van der Waals surface area contributed by atoms with Crippen molar-refractivity contribution in [2.45, 2.75) is 191 Å². The van der Waals surface area contributed by atoms with Crippen molar-refractivity contribution >= 4 is 34.1 Å². The van der Waals surface area contributed by atoms with Crippen molar-refractivity contribution in [2.75, 3.05) is 12.9 Å². The Morgan fingerprint density at radius 1 is 0.630 bits per heavy atom. The van der Waals surface area contributed by atoms with Gasteiger partial charge in [-0.2, -0.15) is 8.42 Å². The number of carbonyl (C=O) groups excluding carboxylic acids is 2. The van der Waals surface area contributed by atoms with Gasteiger partial charge >= 0.3 is 22.3 Å². The van der Waals surface area contributed by atoms with Crippen molar-refractivity contribution in [1.29, 1.82) is 0 Å². The van der Waals surface area contributed by atoms with Crippen molar-refractivity contribution in [1.82, 2.24) is 0 Å². The first-order valence-electron chi connectivity index (χ1n) is 18.0. The van der Waals surface area contributed by atoms with Crippen LogP contribution in [-0.2, 0) is 38.4 Å². The average molecular weight is 697 g/mol. The van der Waals surface area contributed by atoms with Crippen LogP contribution in [0, 0.1) is 0 Å². The molecule has 0 aromatic carbocycles. The van der Waals surface area contributed by atoms with E-state index in [2.05, 4.69) is 13.8 Å². The van der Waals surface area contributed by atoms with Crippen LogP contribution in [0.2, 0.25) is 0 Å². The van der Waals surface area contributed by atoms with Crippen molar-refractivity contribution in [3.63, 3.8) is 0 Å². The van der Waals surface area contributed by atoms with Gasteiger partial charge in [-0.3, -0.25) is 14.1 Å². The lowest BCUT2D eigenvalue weighted by Gasteiger charge is -2.43. The lowest BCUT2D eigenvalue weighted by Crippen LogP contribution is -2.61. The normalized spacial score (nSPS) is 21.7. The monoisotopic (exact) mass is 696 g/mol. The maximum Gasteiger partial charge on any atom is 0.397 e.